The summed E-state index contributed by atoms with van der Waals surface area (Å²) in [6, 6.07) is 4.76. The van der Waals surface area contributed by atoms with Crippen molar-refractivity contribution in [2.75, 3.05) is 11.1 Å². The van der Waals surface area contributed by atoms with Gasteiger partial charge in [0.2, 0.25) is 0 Å². The largest absolute Gasteiger partial charge is 0.466 e. The minimum atomic E-state index is -0.286. The van der Waals surface area contributed by atoms with E-state index in [0.717, 1.165) is 0 Å². The number of carbonyl (C=O) groups is 1. The monoisotopic (exact) mass is 298 g/mol. The van der Waals surface area contributed by atoms with Gasteiger partial charge in [-0.3, -0.25) is 4.79 Å². The highest BCUT2D eigenvalue weighted by Gasteiger charge is 2.14. The number of hydrogen-bond acceptors (Lipinski definition) is 3. The Hall–Kier alpha value is -1.65. The molecule has 1 aromatic carbocycles. The average Bonchev–Trinajstić information content (AvgIpc) is 2.65. The summed E-state index contributed by atoms with van der Waals surface area (Å²) < 4.78 is 5.31. The number of nitrogen functional groups attached to an aromatic ring is 1. The molecule has 0 bridgehead atoms. The third-order valence-corrected chi connectivity index (χ3v) is 3.25. The van der Waals surface area contributed by atoms with Crippen molar-refractivity contribution in [3.8, 4) is 0 Å². The number of halogens is 2. The maximum atomic E-state index is 12.1. The maximum absolute atomic E-state index is 12.1. The van der Waals surface area contributed by atoms with Gasteiger partial charge in [-0.05, 0) is 32.0 Å². The second kappa shape index (κ2) is 5.15. The molecule has 0 fully saturated rings. The van der Waals surface area contributed by atoms with Crippen molar-refractivity contribution >= 4 is 40.5 Å². The number of nitrogens with two attached hydrogens (primary N) is 1. The third-order valence-electron chi connectivity index (χ3n) is 2.62. The quantitative estimate of drug-likeness (QED) is 0.822. The molecule has 4 nitrogen and oxygen atoms in total. The Bertz CT molecular complexity index is 627. The molecule has 0 spiro atoms. The topological polar surface area (TPSA) is 68.3 Å². The lowest BCUT2D eigenvalue weighted by Gasteiger charge is -2.08. The molecule has 1 heterocycles. The summed E-state index contributed by atoms with van der Waals surface area (Å²) in [7, 11) is 0. The highest BCUT2D eigenvalue weighted by molar-refractivity contribution is 6.39. The molecule has 19 heavy (non-hydrogen) atoms. The lowest BCUT2D eigenvalue weighted by Crippen LogP contribution is -2.12. The first kappa shape index (κ1) is 13.8. The first-order chi connectivity index (χ1) is 8.88. The standard InChI is InChI=1S/C13H12Cl2N2O2/c1-6-3-9(7(2)19-6)13(18)17-8-4-10(14)12(16)11(15)5-8/h3-5H,16H2,1-2H3,(H,17,18). The van der Waals surface area contributed by atoms with E-state index < -0.39 is 0 Å². The molecule has 0 aliphatic heterocycles. The predicted molar refractivity (Wildman–Crippen MR) is 77.0 cm³/mol. The van der Waals surface area contributed by atoms with E-state index in [1.54, 1.807) is 32.0 Å². The van der Waals surface area contributed by atoms with Gasteiger partial charge in [0.05, 0.1) is 21.3 Å². The molecule has 0 aliphatic rings. The molecule has 6 heteroatoms. The smallest absolute Gasteiger partial charge is 0.259 e. The van der Waals surface area contributed by atoms with Crippen molar-refractivity contribution in [3.63, 3.8) is 0 Å². The summed E-state index contributed by atoms with van der Waals surface area (Å²) in [5.41, 5.74) is 6.87. The van der Waals surface area contributed by atoms with Crippen LogP contribution >= 0.6 is 23.2 Å². The van der Waals surface area contributed by atoms with Crippen molar-refractivity contribution < 1.29 is 9.21 Å². The summed E-state index contributed by atoms with van der Waals surface area (Å²) in [6.45, 7) is 3.51. The van der Waals surface area contributed by atoms with Crippen LogP contribution in [0.2, 0.25) is 10.0 Å². The molecule has 0 aliphatic carbocycles. The van der Waals surface area contributed by atoms with E-state index in [9.17, 15) is 4.79 Å². The van der Waals surface area contributed by atoms with Crippen LogP contribution in [-0.2, 0) is 0 Å². The van der Waals surface area contributed by atoms with E-state index >= 15 is 0 Å². The zero-order chi connectivity index (χ0) is 14.2. The fourth-order valence-corrected chi connectivity index (χ4v) is 2.20. The molecule has 1 aromatic heterocycles. The van der Waals surface area contributed by atoms with Gasteiger partial charge in [-0.15, -0.1) is 0 Å². The summed E-state index contributed by atoms with van der Waals surface area (Å²) in [5.74, 6) is 0.949. The minimum absolute atomic E-state index is 0.286. The lowest BCUT2D eigenvalue weighted by atomic mass is 10.2. The maximum Gasteiger partial charge on any atom is 0.259 e. The van der Waals surface area contributed by atoms with E-state index in [1.165, 1.54) is 0 Å². The van der Waals surface area contributed by atoms with Gasteiger partial charge in [0.1, 0.15) is 11.5 Å². The molecular formula is C13H12Cl2N2O2. The normalized spacial score (nSPS) is 10.5. The molecule has 3 N–H and O–H groups in total. The van der Waals surface area contributed by atoms with Gasteiger partial charge in [0.25, 0.3) is 5.91 Å². The first-order valence-corrected chi connectivity index (χ1v) is 6.27. The van der Waals surface area contributed by atoms with Gasteiger partial charge in [0.15, 0.2) is 0 Å². The number of hydrogen-bond donors (Lipinski definition) is 2. The number of rotatable bonds is 2. The number of carbonyl (C=O) groups excluding carboxylic acids is 1. The summed E-state index contributed by atoms with van der Waals surface area (Å²) in [4.78, 5) is 12.1. The van der Waals surface area contributed by atoms with Crippen molar-refractivity contribution in [2.45, 2.75) is 13.8 Å². The fraction of sp³-hybridized carbons (Fsp3) is 0.154. The van der Waals surface area contributed by atoms with Gasteiger partial charge in [0, 0.05) is 5.69 Å². The highest BCUT2D eigenvalue weighted by Crippen LogP contribution is 2.31. The number of anilines is 2. The van der Waals surface area contributed by atoms with Crippen LogP contribution < -0.4 is 11.1 Å². The highest BCUT2D eigenvalue weighted by atomic mass is 35.5. The van der Waals surface area contributed by atoms with E-state index in [0.29, 0.717) is 32.8 Å². The van der Waals surface area contributed by atoms with Crippen LogP contribution in [0.1, 0.15) is 21.9 Å². The molecule has 100 valence electrons. The Morgan fingerprint density at radius 2 is 1.79 bits per heavy atom. The molecule has 2 aromatic rings. The van der Waals surface area contributed by atoms with E-state index in [2.05, 4.69) is 5.32 Å². The fourth-order valence-electron chi connectivity index (χ4n) is 1.71. The molecule has 0 saturated heterocycles. The zero-order valence-electron chi connectivity index (χ0n) is 10.4. The van der Waals surface area contributed by atoms with E-state index in [-0.39, 0.29) is 11.6 Å². The van der Waals surface area contributed by atoms with Crippen molar-refractivity contribution in [1.29, 1.82) is 0 Å². The van der Waals surface area contributed by atoms with Gasteiger partial charge in [-0.25, -0.2) is 0 Å². The SMILES string of the molecule is Cc1cc(C(=O)Nc2cc(Cl)c(N)c(Cl)c2)c(C)o1. The first-order valence-electron chi connectivity index (χ1n) is 5.51. The zero-order valence-corrected chi connectivity index (χ0v) is 11.9. The van der Waals surface area contributed by atoms with E-state index in [4.69, 9.17) is 33.4 Å². The summed E-state index contributed by atoms with van der Waals surface area (Å²) in [5, 5.41) is 3.29. The number of aryl methyl sites for hydroxylation is 2. The Balaban J connectivity index is 2.27. The molecule has 0 atom stereocenters. The number of amides is 1. The minimum Gasteiger partial charge on any atom is -0.466 e. The van der Waals surface area contributed by atoms with Gasteiger partial charge < -0.3 is 15.5 Å². The third kappa shape index (κ3) is 2.85. The molecule has 1 amide bonds. The second-order valence-electron chi connectivity index (χ2n) is 4.13. The number of nitrogens with one attached hydrogen (secondary N) is 1. The lowest BCUT2D eigenvalue weighted by molar-refractivity contribution is 0.102. The van der Waals surface area contributed by atoms with Crippen LogP contribution in [-0.4, -0.2) is 5.91 Å². The van der Waals surface area contributed by atoms with Gasteiger partial charge in [-0.1, -0.05) is 23.2 Å². The average molecular weight is 299 g/mol. The van der Waals surface area contributed by atoms with Gasteiger partial charge >= 0.3 is 0 Å². The number of furan rings is 1. The van der Waals surface area contributed by atoms with Gasteiger partial charge in [-0.2, -0.15) is 0 Å². The predicted octanol–water partition coefficient (Wildman–Crippen LogP) is 4.04. The summed E-state index contributed by atoms with van der Waals surface area (Å²) in [6.07, 6.45) is 0. The van der Waals surface area contributed by atoms with E-state index in [1.807, 2.05) is 0 Å². The Morgan fingerprint density at radius 1 is 1.21 bits per heavy atom. The Morgan fingerprint density at radius 3 is 2.26 bits per heavy atom. The Labute approximate surface area is 120 Å². The van der Waals surface area contributed by atoms with Crippen molar-refractivity contribution in [1.82, 2.24) is 0 Å². The van der Waals surface area contributed by atoms with Crippen LogP contribution in [0.5, 0.6) is 0 Å². The van der Waals surface area contributed by atoms with Crippen LogP contribution in [0, 0.1) is 13.8 Å². The molecule has 0 saturated carbocycles. The van der Waals surface area contributed by atoms with Crippen LogP contribution in [0.15, 0.2) is 22.6 Å². The van der Waals surface area contributed by atoms with Crippen molar-refractivity contribution in [2.24, 2.45) is 0 Å². The van der Waals surface area contributed by atoms with Crippen LogP contribution in [0.4, 0.5) is 11.4 Å². The molecular weight excluding hydrogens is 287 g/mol. The van der Waals surface area contributed by atoms with Crippen LogP contribution in [0.3, 0.4) is 0 Å². The summed E-state index contributed by atoms with van der Waals surface area (Å²) >= 11 is 11.8. The number of benzene rings is 1. The van der Waals surface area contributed by atoms with Crippen molar-refractivity contribution in [3.05, 3.63) is 45.3 Å². The molecule has 0 radical (unpaired) electrons. The Kier molecular flexibility index (Phi) is 3.73. The van der Waals surface area contributed by atoms with Crippen LogP contribution in [0.25, 0.3) is 0 Å². The molecule has 0 unspecified atom stereocenters. The molecule has 2 rings (SSSR count). The second-order valence-corrected chi connectivity index (χ2v) is 4.95.